The zero-order valence-corrected chi connectivity index (χ0v) is 9.41. The van der Waals surface area contributed by atoms with Crippen LogP contribution < -0.4 is 11.2 Å². The Labute approximate surface area is 96.3 Å². The number of hydrogen-bond donors (Lipinski definition) is 1. The molecule has 0 aliphatic heterocycles. The quantitative estimate of drug-likeness (QED) is 0.376. The van der Waals surface area contributed by atoms with Gasteiger partial charge in [-0.05, 0) is 31.0 Å². The molecule has 0 saturated carbocycles. The molecule has 4 nitrogen and oxygen atoms in total. The van der Waals surface area contributed by atoms with Crippen molar-refractivity contribution in [1.29, 1.82) is 0 Å². The number of nitrogens with two attached hydrogens (primary N) is 1. The molecule has 17 heavy (non-hydrogen) atoms. The first kappa shape index (κ1) is 13.4. The monoisotopic (exact) mass is 243 g/mol. The van der Waals surface area contributed by atoms with E-state index >= 15 is 0 Å². The number of rotatable bonds is 3. The molecule has 0 spiro atoms. The van der Waals surface area contributed by atoms with E-state index in [9.17, 15) is 12.9 Å². The second-order valence-corrected chi connectivity index (χ2v) is 3.69. The fourth-order valence-corrected chi connectivity index (χ4v) is 1.83. The average molecular weight is 243 g/mol. The Morgan fingerprint density at radius 1 is 1.35 bits per heavy atom. The lowest BCUT2D eigenvalue weighted by molar-refractivity contribution is 0.500. The third-order valence-corrected chi connectivity index (χ3v) is 2.68. The van der Waals surface area contributed by atoms with Gasteiger partial charge in [-0.1, -0.05) is 16.2 Å². The van der Waals surface area contributed by atoms with Crippen LogP contribution in [0.5, 0.6) is 0 Å². The van der Waals surface area contributed by atoms with E-state index in [1.807, 2.05) is 0 Å². The Kier molecular flexibility index (Phi) is 3.70. The van der Waals surface area contributed by atoms with Crippen molar-refractivity contribution in [3.8, 4) is 0 Å². The zero-order chi connectivity index (χ0) is 13.2. The molecule has 1 aromatic rings. The van der Waals surface area contributed by atoms with Crippen molar-refractivity contribution >= 4 is 18.1 Å². The lowest BCUT2D eigenvalue weighted by Gasteiger charge is -2.24. The van der Waals surface area contributed by atoms with Crippen molar-refractivity contribution < 1.29 is 12.9 Å². The van der Waals surface area contributed by atoms with Crippen molar-refractivity contribution in [3.63, 3.8) is 0 Å². The van der Waals surface area contributed by atoms with E-state index < -0.39 is 12.4 Å². The molecule has 1 aromatic carbocycles. The number of hydrogen-bond acceptors (Lipinski definition) is 2. The van der Waals surface area contributed by atoms with Crippen LogP contribution >= 0.6 is 0 Å². The van der Waals surface area contributed by atoms with Crippen LogP contribution in [0.2, 0.25) is 0 Å². The van der Waals surface area contributed by atoms with Crippen LogP contribution in [0.4, 0.5) is 18.6 Å². The summed E-state index contributed by atoms with van der Waals surface area (Å²) in [5.41, 5.74) is 13.4. The highest BCUT2D eigenvalue weighted by Crippen LogP contribution is 2.26. The predicted molar refractivity (Wildman–Crippen MR) is 61.3 cm³/mol. The summed E-state index contributed by atoms with van der Waals surface area (Å²) in [6, 6.07) is 1.40. The second-order valence-electron chi connectivity index (χ2n) is 3.69. The molecule has 0 fully saturated rings. The van der Waals surface area contributed by atoms with Crippen molar-refractivity contribution in [1.82, 2.24) is 0 Å². The largest absolute Gasteiger partial charge is 0.510 e. The van der Waals surface area contributed by atoms with Gasteiger partial charge in [0.15, 0.2) is 0 Å². The number of halogens is 3. The summed E-state index contributed by atoms with van der Waals surface area (Å²) in [6.07, 6.45) is 0. The van der Waals surface area contributed by atoms with Crippen LogP contribution in [0.3, 0.4) is 0 Å². The third-order valence-electron chi connectivity index (χ3n) is 2.68. The molecule has 0 aromatic heterocycles. The maximum Gasteiger partial charge on any atom is 0.510 e. The fraction of sp³-hybridized carbons (Fsp3) is 0.333. The van der Waals surface area contributed by atoms with Crippen molar-refractivity contribution in [2.24, 2.45) is 10.8 Å². The van der Waals surface area contributed by atoms with Gasteiger partial charge in [-0.15, -0.1) is 5.46 Å². The van der Waals surface area contributed by atoms with Gasteiger partial charge in [0.05, 0.1) is 0 Å². The van der Waals surface area contributed by atoms with E-state index in [0.29, 0.717) is 5.56 Å². The molecular formula is C9H11BF3N4-. The Balaban J connectivity index is 3.67. The summed E-state index contributed by atoms with van der Waals surface area (Å²) < 4.78 is 38.8. The molecule has 0 saturated heterocycles. The number of azide groups is 1. The minimum absolute atomic E-state index is 0.0206. The van der Waals surface area contributed by atoms with Crippen molar-refractivity contribution in [2.45, 2.75) is 20.4 Å². The van der Waals surface area contributed by atoms with E-state index in [4.69, 9.17) is 11.3 Å². The van der Waals surface area contributed by atoms with Gasteiger partial charge in [-0.3, -0.25) is 0 Å². The van der Waals surface area contributed by atoms with E-state index in [1.54, 1.807) is 0 Å². The summed E-state index contributed by atoms with van der Waals surface area (Å²) in [5.74, 6) is 0. The van der Waals surface area contributed by atoms with Gasteiger partial charge in [0.25, 0.3) is 0 Å². The Morgan fingerprint density at radius 3 is 2.35 bits per heavy atom. The molecule has 2 N–H and O–H groups in total. The SMILES string of the molecule is Cc1c(CN)cc(N=[N+]=[N-])c(C)c1[B-](F)(F)F. The van der Waals surface area contributed by atoms with Crippen LogP contribution in [0.25, 0.3) is 10.4 Å². The van der Waals surface area contributed by atoms with Gasteiger partial charge in [-0.25, -0.2) is 0 Å². The molecule has 0 aliphatic carbocycles. The van der Waals surface area contributed by atoms with Gasteiger partial charge < -0.3 is 18.7 Å². The van der Waals surface area contributed by atoms with Gasteiger partial charge in [0.1, 0.15) is 0 Å². The second kappa shape index (κ2) is 4.69. The van der Waals surface area contributed by atoms with Gasteiger partial charge in [0, 0.05) is 17.1 Å². The van der Waals surface area contributed by atoms with E-state index in [0.717, 1.165) is 0 Å². The maximum absolute atomic E-state index is 12.9. The minimum Gasteiger partial charge on any atom is -0.445 e. The van der Waals surface area contributed by atoms with E-state index in [1.165, 1.54) is 19.9 Å². The lowest BCUT2D eigenvalue weighted by atomic mass is 9.72. The maximum atomic E-state index is 12.9. The summed E-state index contributed by atoms with van der Waals surface area (Å²) in [4.78, 5) is 2.52. The highest BCUT2D eigenvalue weighted by atomic mass is 19.4. The third kappa shape index (κ3) is 2.54. The topological polar surface area (TPSA) is 74.8 Å². The molecule has 0 heterocycles. The van der Waals surface area contributed by atoms with Crippen molar-refractivity contribution in [3.05, 3.63) is 33.2 Å². The summed E-state index contributed by atoms with van der Waals surface area (Å²) >= 11 is 0. The van der Waals surface area contributed by atoms with E-state index in [2.05, 4.69) is 10.0 Å². The lowest BCUT2D eigenvalue weighted by Crippen LogP contribution is -2.39. The summed E-state index contributed by atoms with van der Waals surface area (Å²) in [7, 11) is 0. The molecule has 0 unspecified atom stereocenters. The first-order valence-electron chi connectivity index (χ1n) is 4.91. The van der Waals surface area contributed by atoms with Crippen molar-refractivity contribution in [2.75, 3.05) is 0 Å². The normalized spacial score (nSPS) is 11.2. The van der Waals surface area contributed by atoms with Gasteiger partial charge in [-0.2, -0.15) is 0 Å². The molecule has 0 amide bonds. The summed E-state index contributed by atoms with van der Waals surface area (Å²) in [6.45, 7) is -2.51. The van der Waals surface area contributed by atoms with E-state index in [-0.39, 0.29) is 23.4 Å². The molecule has 0 aliphatic rings. The highest BCUT2D eigenvalue weighted by molar-refractivity contribution is 6.74. The zero-order valence-electron chi connectivity index (χ0n) is 9.41. The first-order valence-corrected chi connectivity index (χ1v) is 4.91. The van der Waals surface area contributed by atoms with Crippen LogP contribution in [-0.2, 0) is 6.54 Å². The number of benzene rings is 1. The highest BCUT2D eigenvalue weighted by Gasteiger charge is 2.30. The van der Waals surface area contributed by atoms with Crippen LogP contribution in [0.1, 0.15) is 16.7 Å². The molecule has 0 radical (unpaired) electrons. The molecule has 92 valence electrons. The summed E-state index contributed by atoms with van der Waals surface area (Å²) in [5, 5.41) is 3.27. The van der Waals surface area contributed by atoms with Crippen LogP contribution in [0.15, 0.2) is 11.2 Å². The predicted octanol–water partition coefficient (Wildman–Crippen LogP) is 2.76. The molecule has 0 atom stereocenters. The Hall–Kier alpha value is -1.66. The molecule has 1 rings (SSSR count). The molecular weight excluding hydrogens is 232 g/mol. The average Bonchev–Trinajstić information content (AvgIpc) is 2.20. The number of nitrogens with zero attached hydrogens (tertiary/aromatic N) is 3. The standard InChI is InChI=1S/C9H11BF3N4/c1-5-7(4-14)3-8(16-17-15)6(2)9(5)10(11,12)13/h3H,4,14H2,1-2H3/q-1. The Bertz CT molecular complexity index is 492. The van der Waals surface area contributed by atoms with Gasteiger partial charge >= 0.3 is 6.98 Å². The van der Waals surface area contributed by atoms with Crippen LogP contribution in [0, 0.1) is 13.8 Å². The smallest absolute Gasteiger partial charge is 0.445 e. The Morgan fingerprint density at radius 2 is 1.94 bits per heavy atom. The minimum atomic E-state index is -5.15. The fourth-order valence-electron chi connectivity index (χ4n) is 1.83. The molecule has 8 heteroatoms. The molecule has 0 bridgehead atoms. The van der Waals surface area contributed by atoms with Gasteiger partial charge in [0.2, 0.25) is 0 Å². The van der Waals surface area contributed by atoms with Crippen LogP contribution in [-0.4, -0.2) is 6.98 Å². The first-order chi connectivity index (χ1) is 7.82.